The van der Waals surface area contributed by atoms with E-state index in [1.807, 2.05) is 0 Å². The first-order valence-electron chi connectivity index (χ1n) is 6.09. The Hall–Kier alpha value is -0.160. The molecule has 0 aliphatic carbocycles. The highest BCUT2D eigenvalue weighted by Gasteiger charge is 2.45. The zero-order valence-electron chi connectivity index (χ0n) is 9.41. The minimum Gasteiger partial charge on any atom is -0.396 e. The van der Waals surface area contributed by atoms with Crippen LogP contribution in [0, 0.1) is 5.92 Å². The largest absolute Gasteiger partial charge is 0.396 e. The van der Waals surface area contributed by atoms with Crippen LogP contribution in [0.1, 0.15) is 19.3 Å². The Bertz CT molecular complexity index is 204. The van der Waals surface area contributed by atoms with E-state index < -0.39 is 0 Å². The summed E-state index contributed by atoms with van der Waals surface area (Å²) in [5.41, 5.74) is 6.09. The van der Waals surface area contributed by atoms with E-state index in [4.69, 9.17) is 10.8 Å². The topological polar surface area (TPSA) is 61.5 Å². The quantitative estimate of drug-likeness (QED) is 0.533. The Balaban J connectivity index is 1.95. The van der Waals surface area contributed by atoms with Crippen molar-refractivity contribution in [2.75, 3.05) is 39.3 Å². The minimum atomic E-state index is 0.131. The zero-order chi connectivity index (χ0) is 10.7. The predicted octanol–water partition coefficient (Wildman–Crippen LogP) is -0.618. The molecule has 0 aromatic carbocycles. The third-order valence-corrected chi connectivity index (χ3v) is 4.05. The maximum atomic E-state index is 8.80. The molecule has 1 unspecified atom stereocenters. The van der Waals surface area contributed by atoms with Crippen molar-refractivity contribution >= 4 is 0 Å². The fraction of sp³-hybridized carbons (Fsp3) is 1.00. The van der Waals surface area contributed by atoms with Crippen LogP contribution in [0.4, 0.5) is 0 Å². The van der Waals surface area contributed by atoms with Gasteiger partial charge in [-0.15, -0.1) is 0 Å². The van der Waals surface area contributed by atoms with Crippen LogP contribution in [0.3, 0.4) is 0 Å². The number of aliphatic hydroxyl groups excluding tert-OH is 1. The van der Waals surface area contributed by atoms with Crippen LogP contribution < -0.4 is 11.1 Å². The van der Waals surface area contributed by atoms with Crippen molar-refractivity contribution in [2.45, 2.75) is 24.8 Å². The van der Waals surface area contributed by atoms with Crippen LogP contribution in [0.25, 0.3) is 0 Å². The van der Waals surface area contributed by atoms with Crippen LogP contribution in [-0.2, 0) is 0 Å². The van der Waals surface area contributed by atoms with Gasteiger partial charge < -0.3 is 21.1 Å². The van der Waals surface area contributed by atoms with E-state index in [9.17, 15) is 0 Å². The van der Waals surface area contributed by atoms with Gasteiger partial charge in [-0.2, -0.15) is 0 Å². The van der Waals surface area contributed by atoms with Crippen molar-refractivity contribution in [3.8, 4) is 0 Å². The minimum absolute atomic E-state index is 0.131. The molecule has 0 aromatic rings. The maximum absolute atomic E-state index is 8.80. The Morgan fingerprint density at radius 1 is 1.40 bits per heavy atom. The number of aliphatic hydroxyl groups is 1. The van der Waals surface area contributed by atoms with Crippen molar-refractivity contribution in [1.29, 1.82) is 0 Å². The Morgan fingerprint density at radius 2 is 2.13 bits per heavy atom. The molecule has 4 nitrogen and oxygen atoms in total. The highest BCUT2D eigenvalue weighted by Crippen LogP contribution is 2.34. The average molecular weight is 213 g/mol. The van der Waals surface area contributed by atoms with Gasteiger partial charge in [0.25, 0.3) is 0 Å². The summed E-state index contributed by atoms with van der Waals surface area (Å²) in [5, 5.41) is 12.4. The molecule has 0 aromatic heterocycles. The number of fused-ring (bicyclic) bond motifs is 3. The van der Waals surface area contributed by atoms with Crippen molar-refractivity contribution in [3.05, 3.63) is 0 Å². The molecular weight excluding hydrogens is 190 g/mol. The Kier molecular flexibility index (Phi) is 3.61. The summed E-state index contributed by atoms with van der Waals surface area (Å²) < 4.78 is 0. The fourth-order valence-corrected chi connectivity index (χ4v) is 3.09. The van der Waals surface area contributed by atoms with Gasteiger partial charge in [-0.05, 0) is 44.8 Å². The molecule has 3 saturated heterocycles. The van der Waals surface area contributed by atoms with Crippen molar-refractivity contribution in [1.82, 2.24) is 10.2 Å². The van der Waals surface area contributed by atoms with Gasteiger partial charge in [0.2, 0.25) is 0 Å². The molecule has 88 valence electrons. The molecule has 3 heterocycles. The first-order valence-corrected chi connectivity index (χ1v) is 6.09. The van der Waals surface area contributed by atoms with Gasteiger partial charge >= 0.3 is 0 Å². The number of piperidine rings is 3. The molecule has 0 saturated carbocycles. The highest BCUT2D eigenvalue weighted by molar-refractivity contribution is 5.04. The molecule has 0 spiro atoms. The molecule has 1 atom stereocenters. The van der Waals surface area contributed by atoms with Crippen LogP contribution in [0.15, 0.2) is 0 Å². The SMILES string of the molecule is NCC1(NCCCO)CN2CCC1CC2. The Morgan fingerprint density at radius 3 is 2.60 bits per heavy atom. The predicted molar refractivity (Wildman–Crippen MR) is 60.7 cm³/mol. The number of hydrogen-bond acceptors (Lipinski definition) is 4. The van der Waals surface area contributed by atoms with Crippen LogP contribution >= 0.6 is 0 Å². The second-order valence-electron chi connectivity index (χ2n) is 4.91. The third-order valence-electron chi connectivity index (χ3n) is 4.05. The lowest BCUT2D eigenvalue weighted by molar-refractivity contribution is 0.0105. The molecule has 0 amide bonds. The lowest BCUT2D eigenvalue weighted by atomic mass is 9.72. The molecule has 3 aliphatic rings. The lowest BCUT2D eigenvalue weighted by Gasteiger charge is -2.53. The van der Waals surface area contributed by atoms with Crippen molar-refractivity contribution in [3.63, 3.8) is 0 Å². The highest BCUT2D eigenvalue weighted by atomic mass is 16.3. The summed E-state index contributed by atoms with van der Waals surface area (Å²) in [7, 11) is 0. The zero-order valence-corrected chi connectivity index (χ0v) is 9.41. The van der Waals surface area contributed by atoms with Gasteiger partial charge in [0.05, 0.1) is 0 Å². The molecule has 3 aliphatic heterocycles. The first-order chi connectivity index (χ1) is 7.30. The molecular formula is C11H23N3O. The van der Waals surface area contributed by atoms with Gasteiger partial charge in [0.15, 0.2) is 0 Å². The van der Waals surface area contributed by atoms with E-state index in [0.29, 0.717) is 0 Å². The number of nitrogens with two attached hydrogens (primary N) is 1. The lowest BCUT2D eigenvalue weighted by Crippen LogP contribution is -2.69. The smallest absolute Gasteiger partial charge is 0.0462 e. The van der Waals surface area contributed by atoms with Gasteiger partial charge in [-0.25, -0.2) is 0 Å². The molecule has 15 heavy (non-hydrogen) atoms. The van der Waals surface area contributed by atoms with Crippen LogP contribution in [0.5, 0.6) is 0 Å². The van der Waals surface area contributed by atoms with E-state index >= 15 is 0 Å². The first kappa shape index (κ1) is 11.3. The van der Waals surface area contributed by atoms with Crippen LogP contribution in [0.2, 0.25) is 0 Å². The van der Waals surface area contributed by atoms with E-state index in [2.05, 4.69) is 10.2 Å². The second-order valence-corrected chi connectivity index (χ2v) is 4.91. The molecule has 3 fully saturated rings. The third kappa shape index (κ3) is 2.18. The monoisotopic (exact) mass is 213 g/mol. The van der Waals surface area contributed by atoms with Crippen molar-refractivity contribution in [2.24, 2.45) is 11.7 Å². The maximum Gasteiger partial charge on any atom is 0.0462 e. The summed E-state index contributed by atoms with van der Waals surface area (Å²) in [5.74, 6) is 0.742. The van der Waals surface area contributed by atoms with Crippen LogP contribution in [-0.4, -0.2) is 54.9 Å². The summed E-state index contributed by atoms with van der Waals surface area (Å²) >= 11 is 0. The second kappa shape index (κ2) is 4.78. The number of nitrogens with one attached hydrogen (secondary N) is 1. The normalized spacial score (nSPS) is 39.6. The molecule has 4 N–H and O–H groups in total. The van der Waals surface area contributed by atoms with E-state index in [1.165, 1.54) is 25.9 Å². The summed E-state index contributed by atoms with van der Waals surface area (Å²) in [6, 6.07) is 0. The molecule has 0 radical (unpaired) electrons. The molecule has 4 heteroatoms. The van der Waals surface area contributed by atoms with E-state index in [0.717, 1.165) is 32.0 Å². The molecule has 2 bridgehead atoms. The number of nitrogens with zero attached hydrogens (tertiary/aromatic N) is 1. The van der Waals surface area contributed by atoms with Crippen molar-refractivity contribution < 1.29 is 5.11 Å². The number of hydrogen-bond donors (Lipinski definition) is 3. The van der Waals surface area contributed by atoms with E-state index in [1.54, 1.807) is 0 Å². The number of rotatable bonds is 5. The van der Waals surface area contributed by atoms with Gasteiger partial charge in [0, 0.05) is 25.2 Å². The standard InChI is InChI=1S/C11H23N3O/c12-8-11(13-4-1-7-15)9-14-5-2-10(11)3-6-14/h10,13,15H,1-9,12H2. The summed E-state index contributed by atoms with van der Waals surface area (Å²) in [6.45, 7) is 5.46. The van der Waals surface area contributed by atoms with Gasteiger partial charge in [0.1, 0.15) is 0 Å². The average Bonchev–Trinajstić information content (AvgIpc) is 2.31. The molecule has 3 rings (SSSR count). The van der Waals surface area contributed by atoms with Gasteiger partial charge in [-0.1, -0.05) is 0 Å². The fourth-order valence-electron chi connectivity index (χ4n) is 3.09. The summed E-state index contributed by atoms with van der Waals surface area (Å²) in [4.78, 5) is 2.51. The Labute approximate surface area is 91.8 Å². The summed E-state index contributed by atoms with van der Waals surface area (Å²) in [6.07, 6.45) is 3.39. The van der Waals surface area contributed by atoms with Gasteiger partial charge in [-0.3, -0.25) is 0 Å². The van der Waals surface area contributed by atoms with E-state index in [-0.39, 0.29) is 12.1 Å².